The van der Waals surface area contributed by atoms with Crippen molar-refractivity contribution in [2.45, 2.75) is 110 Å². The minimum atomic E-state index is -1.13. The summed E-state index contributed by atoms with van der Waals surface area (Å²) in [4.78, 5) is 51.7. The van der Waals surface area contributed by atoms with Crippen molar-refractivity contribution in [1.29, 1.82) is 0 Å². The molecule has 4 aliphatic rings. The van der Waals surface area contributed by atoms with Crippen LogP contribution in [-0.2, 0) is 20.7 Å². The van der Waals surface area contributed by atoms with Crippen molar-refractivity contribution >= 4 is 29.0 Å². The molecule has 11 nitrogen and oxygen atoms in total. The highest BCUT2D eigenvalue weighted by Crippen LogP contribution is 2.51. The van der Waals surface area contributed by atoms with Gasteiger partial charge in [-0.2, -0.15) is 0 Å². The topological polar surface area (TPSA) is 140 Å². The molecule has 2 saturated carbocycles. The Morgan fingerprint density at radius 1 is 1.07 bits per heavy atom. The fraction of sp³-hybridized carbons (Fsp3) is 0.686. The minimum Gasteiger partial charge on any atom is -0.497 e. The Hall–Kier alpha value is -3.63. The van der Waals surface area contributed by atoms with E-state index >= 15 is 0 Å². The van der Waals surface area contributed by atoms with Crippen LogP contribution in [0.2, 0.25) is 0 Å². The van der Waals surface area contributed by atoms with Gasteiger partial charge in [0.05, 0.1) is 24.7 Å². The maximum atomic E-state index is 14.3. The Kier molecular flexibility index (Phi) is 9.04. The average Bonchev–Trinajstić information content (AvgIpc) is 3.72. The molecule has 11 heteroatoms. The molecule has 4 bridgehead atoms. The van der Waals surface area contributed by atoms with Gasteiger partial charge in [0, 0.05) is 12.0 Å². The Labute approximate surface area is 270 Å². The second kappa shape index (κ2) is 12.9. The highest BCUT2D eigenvalue weighted by atomic mass is 16.6. The summed E-state index contributed by atoms with van der Waals surface area (Å²) in [6, 6.07) is 3.43. The number of nitrogens with one attached hydrogen (secondary N) is 1. The summed E-state index contributed by atoms with van der Waals surface area (Å²) >= 11 is 0. The van der Waals surface area contributed by atoms with Crippen LogP contribution < -0.4 is 14.8 Å². The molecule has 2 aliphatic heterocycles. The summed E-state index contributed by atoms with van der Waals surface area (Å²) in [5, 5.41) is 13.3. The molecule has 3 heterocycles. The SMILES string of the molecule is CCC1C2CN(C(=O)C(C(C)(C)C)NC(=O)OC3C4CCC(C4)C3CCCCCc3nc4ccc(OC)cc4nc3O2)C1C(=O)O. The summed E-state index contributed by atoms with van der Waals surface area (Å²) in [6.07, 6.45) is 6.92. The number of methoxy groups -OCH3 is 1. The lowest BCUT2D eigenvalue weighted by Crippen LogP contribution is -2.57. The molecule has 6 rings (SSSR count). The molecule has 2 N–H and O–H groups in total. The second-order valence-corrected chi connectivity index (χ2v) is 14.7. The van der Waals surface area contributed by atoms with Crippen LogP contribution in [0.1, 0.15) is 84.8 Å². The van der Waals surface area contributed by atoms with Crippen LogP contribution in [0, 0.1) is 29.1 Å². The van der Waals surface area contributed by atoms with E-state index < -0.39 is 47.5 Å². The molecule has 3 fully saturated rings. The molecule has 1 aromatic heterocycles. The lowest BCUT2D eigenvalue weighted by Gasteiger charge is -2.36. The summed E-state index contributed by atoms with van der Waals surface area (Å²) in [7, 11) is 1.60. The molecule has 2 aliphatic carbocycles. The third-order valence-corrected chi connectivity index (χ3v) is 10.8. The number of ether oxygens (including phenoxy) is 3. The van der Waals surface area contributed by atoms with Crippen LogP contribution in [0.15, 0.2) is 18.2 Å². The predicted molar refractivity (Wildman–Crippen MR) is 171 cm³/mol. The number of benzene rings is 1. The fourth-order valence-corrected chi connectivity index (χ4v) is 8.49. The highest BCUT2D eigenvalue weighted by molar-refractivity contribution is 5.90. The predicted octanol–water partition coefficient (Wildman–Crippen LogP) is 5.38. The van der Waals surface area contributed by atoms with E-state index in [1.54, 1.807) is 7.11 Å². The van der Waals surface area contributed by atoms with E-state index in [1.807, 2.05) is 45.9 Å². The second-order valence-electron chi connectivity index (χ2n) is 14.7. The molecule has 8 unspecified atom stereocenters. The number of fused-ring (bicyclic) bond motifs is 9. The minimum absolute atomic E-state index is 0.0450. The molecule has 250 valence electrons. The molecular formula is C35H48N4O7. The normalized spacial score (nSPS) is 32.1. The zero-order valence-corrected chi connectivity index (χ0v) is 27.7. The molecule has 1 saturated heterocycles. The van der Waals surface area contributed by atoms with Gasteiger partial charge in [0.15, 0.2) is 0 Å². The third-order valence-electron chi connectivity index (χ3n) is 10.8. The molecule has 0 radical (unpaired) electrons. The first-order valence-electron chi connectivity index (χ1n) is 17.0. The summed E-state index contributed by atoms with van der Waals surface area (Å²) in [6.45, 7) is 7.55. The van der Waals surface area contributed by atoms with E-state index in [2.05, 4.69) is 5.32 Å². The molecule has 2 amide bonds. The molecule has 8 atom stereocenters. The zero-order valence-electron chi connectivity index (χ0n) is 27.7. The van der Waals surface area contributed by atoms with Gasteiger partial charge in [-0.15, -0.1) is 0 Å². The molecule has 2 aromatic rings. The largest absolute Gasteiger partial charge is 0.497 e. The maximum Gasteiger partial charge on any atom is 0.408 e. The van der Waals surface area contributed by atoms with Crippen molar-refractivity contribution in [3.05, 3.63) is 23.9 Å². The number of carboxylic acid groups (broad SMARTS) is 1. The van der Waals surface area contributed by atoms with Crippen molar-refractivity contribution < 1.29 is 33.7 Å². The first-order chi connectivity index (χ1) is 22.0. The van der Waals surface area contributed by atoms with Gasteiger partial charge in [-0.3, -0.25) is 4.79 Å². The van der Waals surface area contributed by atoms with Crippen molar-refractivity contribution in [1.82, 2.24) is 20.2 Å². The van der Waals surface area contributed by atoms with Crippen LogP contribution in [0.5, 0.6) is 11.6 Å². The average molecular weight is 637 g/mol. The first kappa shape index (κ1) is 32.3. The van der Waals surface area contributed by atoms with Gasteiger partial charge in [0.2, 0.25) is 11.8 Å². The van der Waals surface area contributed by atoms with Crippen molar-refractivity contribution in [2.24, 2.45) is 29.1 Å². The number of aryl methyl sites for hydroxylation is 1. The molecule has 46 heavy (non-hydrogen) atoms. The van der Waals surface area contributed by atoms with Crippen molar-refractivity contribution in [3.8, 4) is 11.6 Å². The monoisotopic (exact) mass is 636 g/mol. The van der Waals surface area contributed by atoms with E-state index in [-0.39, 0.29) is 12.6 Å². The van der Waals surface area contributed by atoms with Gasteiger partial charge in [-0.1, -0.05) is 40.5 Å². The number of amides is 2. The number of hydrogen-bond acceptors (Lipinski definition) is 8. The van der Waals surface area contributed by atoms with Crippen LogP contribution in [-0.4, -0.2) is 75.9 Å². The highest BCUT2D eigenvalue weighted by Gasteiger charge is 2.52. The number of carbonyl (C=O) groups is 3. The number of alkyl carbamates (subject to hydrolysis) is 1. The van der Waals surface area contributed by atoms with Gasteiger partial charge < -0.3 is 29.5 Å². The zero-order chi connectivity index (χ0) is 32.7. The molecule has 0 spiro atoms. The van der Waals surface area contributed by atoms with E-state index in [0.717, 1.165) is 49.7 Å². The Balaban J connectivity index is 1.38. The van der Waals surface area contributed by atoms with E-state index in [4.69, 9.17) is 24.2 Å². The van der Waals surface area contributed by atoms with Gasteiger partial charge in [0.25, 0.3) is 0 Å². The van der Waals surface area contributed by atoms with Gasteiger partial charge in [-0.25, -0.2) is 19.6 Å². The van der Waals surface area contributed by atoms with Crippen LogP contribution >= 0.6 is 0 Å². The van der Waals surface area contributed by atoms with E-state index in [0.29, 0.717) is 47.7 Å². The Morgan fingerprint density at radius 2 is 1.85 bits per heavy atom. The van der Waals surface area contributed by atoms with Crippen LogP contribution in [0.25, 0.3) is 11.0 Å². The van der Waals surface area contributed by atoms with Crippen LogP contribution in [0.4, 0.5) is 4.79 Å². The number of carbonyl (C=O) groups excluding carboxylic acids is 2. The summed E-state index contributed by atoms with van der Waals surface area (Å²) < 4.78 is 18.1. The van der Waals surface area contributed by atoms with Gasteiger partial charge in [-0.05, 0) is 80.2 Å². The third kappa shape index (κ3) is 6.21. The van der Waals surface area contributed by atoms with Gasteiger partial charge >= 0.3 is 12.1 Å². The van der Waals surface area contributed by atoms with Gasteiger partial charge in [0.1, 0.15) is 35.7 Å². The number of carboxylic acids is 1. The number of rotatable bonds is 3. The van der Waals surface area contributed by atoms with E-state index in [9.17, 15) is 19.5 Å². The number of nitrogens with zero attached hydrogens (tertiary/aromatic N) is 3. The van der Waals surface area contributed by atoms with E-state index in [1.165, 1.54) is 11.3 Å². The fourth-order valence-electron chi connectivity index (χ4n) is 8.49. The van der Waals surface area contributed by atoms with Crippen LogP contribution in [0.3, 0.4) is 0 Å². The number of aliphatic carboxylic acids is 1. The van der Waals surface area contributed by atoms with Crippen molar-refractivity contribution in [2.75, 3.05) is 13.7 Å². The summed E-state index contributed by atoms with van der Waals surface area (Å²) in [5.41, 5.74) is 1.37. The Morgan fingerprint density at radius 3 is 2.57 bits per heavy atom. The quantitative estimate of drug-likeness (QED) is 0.454. The maximum absolute atomic E-state index is 14.3. The Bertz CT molecular complexity index is 1470. The standard InChI is InChI=1S/C35H48N4O7/c1-6-22-27-18-39(28(22)33(41)42)32(40)30(35(2,3)4)38-34(43)46-29-20-13-12-19(16-20)23(29)10-8-7-9-11-25-31(45-27)37-26-17-21(44-5)14-15-24(26)36-25/h14-15,17,19-20,22-23,27-30H,6-13,16,18H2,1-5H3,(H,38,43)(H,41,42). The lowest BCUT2D eigenvalue weighted by atomic mass is 9.82. The molecular weight excluding hydrogens is 588 g/mol. The molecule has 1 aromatic carbocycles. The van der Waals surface area contributed by atoms with Crippen molar-refractivity contribution in [3.63, 3.8) is 0 Å². The number of aromatic nitrogens is 2. The smallest absolute Gasteiger partial charge is 0.408 e. The lowest BCUT2D eigenvalue weighted by molar-refractivity contribution is -0.151. The summed E-state index contributed by atoms with van der Waals surface area (Å²) in [5.74, 6) is 0.168. The number of hydrogen-bond donors (Lipinski definition) is 2. The first-order valence-corrected chi connectivity index (χ1v) is 17.0.